The molecule has 0 N–H and O–H groups in total. The lowest BCUT2D eigenvalue weighted by atomic mass is 9.96. The molecule has 62 heavy (non-hydrogen) atoms. The molecule has 2 nitrogen and oxygen atoms in total. The summed E-state index contributed by atoms with van der Waals surface area (Å²) in [6.45, 7) is 0. The van der Waals surface area contributed by atoms with Crippen LogP contribution in [0.3, 0.4) is 0 Å². The Labute approximate surface area is 357 Å². The molecule has 0 atom stereocenters. The number of fused-ring (bicyclic) bond motifs is 13. The van der Waals surface area contributed by atoms with Crippen molar-refractivity contribution in [1.29, 1.82) is 0 Å². The molecule has 0 spiro atoms. The molecular weight excluding hydrogens is 749 g/mol. The first-order valence-electron chi connectivity index (χ1n) is 21.5. The van der Waals surface area contributed by atoms with Gasteiger partial charge >= 0.3 is 0 Å². The summed E-state index contributed by atoms with van der Waals surface area (Å²) in [6, 6.07) is 81.0. The standard InChI is InChI=1S/C60H36N2/c1-2-14-44(15-3-1)61-56-31-26-41(35-54(56)59-46-16-6-4-11-38(46)24-32-57(59)61)40-25-30-55-52(34-40)51-29-23-39-12-5-7-17-47(39)60(51)62(55)45-27-21-37(22-28-45)43-33-42-13-10-20-50-48-18-8-9-19-49(48)53(36-43)58(42)50/h1-36H. The van der Waals surface area contributed by atoms with Crippen molar-refractivity contribution in [1.82, 2.24) is 9.13 Å². The number of benzene rings is 11. The van der Waals surface area contributed by atoms with Gasteiger partial charge in [0.15, 0.2) is 0 Å². The minimum Gasteiger partial charge on any atom is -0.309 e. The fourth-order valence-electron chi connectivity index (χ4n) is 10.8. The van der Waals surface area contributed by atoms with Crippen molar-refractivity contribution in [2.75, 3.05) is 0 Å². The van der Waals surface area contributed by atoms with E-state index in [2.05, 4.69) is 228 Å². The Balaban J connectivity index is 0.945. The first kappa shape index (κ1) is 33.6. The molecule has 0 fully saturated rings. The third kappa shape index (κ3) is 4.69. The van der Waals surface area contributed by atoms with Gasteiger partial charge < -0.3 is 9.13 Å². The minimum absolute atomic E-state index is 1.15. The molecule has 14 rings (SSSR count). The molecule has 0 unspecified atom stereocenters. The van der Waals surface area contributed by atoms with Crippen LogP contribution in [-0.2, 0) is 0 Å². The minimum atomic E-state index is 1.15. The SMILES string of the molecule is c1ccc(-n2c3ccc(-c4ccc5c(c4)c4ccc6ccccc6c4n5-c4ccc(-c5cc6c7c(cccc7c5)-c5ccccc5-6)cc4)cc3c3c4ccccc4ccc32)cc1. The molecule has 0 radical (unpaired) electrons. The smallest absolute Gasteiger partial charge is 0.0619 e. The Kier molecular flexibility index (Phi) is 6.86. The highest BCUT2D eigenvalue weighted by molar-refractivity contribution is 6.23. The Morgan fingerprint density at radius 2 is 0.823 bits per heavy atom. The van der Waals surface area contributed by atoms with Crippen LogP contribution in [0.15, 0.2) is 218 Å². The predicted molar refractivity (Wildman–Crippen MR) is 263 cm³/mol. The van der Waals surface area contributed by atoms with E-state index in [4.69, 9.17) is 0 Å². The van der Waals surface area contributed by atoms with Crippen LogP contribution < -0.4 is 0 Å². The van der Waals surface area contributed by atoms with Crippen LogP contribution in [0.2, 0.25) is 0 Å². The molecule has 0 saturated carbocycles. The molecule has 2 heterocycles. The average Bonchev–Trinajstić information content (AvgIpc) is 3.98. The molecule has 0 saturated heterocycles. The molecule has 13 aromatic rings. The average molecular weight is 785 g/mol. The maximum Gasteiger partial charge on any atom is 0.0619 e. The predicted octanol–water partition coefficient (Wildman–Crippen LogP) is 16.3. The van der Waals surface area contributed by atoms with E-state index < -0.39 is 0 Å². The summed E-state index contributed by atoms with van der Waals surface area (Å²) in [5, 5.41) is 12.7. The summed E-state index contributed by atoms with van der Waals surface area (Å²) in [5.41, 5.74) is 17.4. The monoisotopic (exact) mass is 784 g/mol. The molecule has 11 aromatic carbocycles. The van der Waals surface area contributed by atoms with Gasteiger partial charge in [0.2, 0.25) is 0 Å². The number of aromatic nitrogens is 2. The third-order valence-electron chi connectivity index (χ3n) is 13.6. The molecule has 1 aliphatic carbocycles. The van der Waals surface area contributed by atoms with Crippen molar-refractivity contribution in [2.45, 2.75) is 0 Å². The van der Waals surface area contributed by atoms with Gasteiger partial charge in [0.05, 0.1) is 22.1 Å². The van der Waals surface area contributed by atoms with Gasteiger partial charge in [0.25, 0.3) is 0 Å². The van der Waals surface area contributed by atoms with E-state index in [9.17, 15) is 0 Å². The second-order valence-electron chi connectivity index (χ2n) is 16.9. The van der Waals surface area contributed by atoms with Crippen molar-refractivity contribution >= 4 is 75.9 Å². The van der Waals surface area contributed by atoms with Gasteiger partial charge in [-0.2, -0.15) is 0 Å². The van der Waals surface area contributed by atoms with Crippen molar-refractivity contribution < 1.29 is 0 Å². The number of nitrogens with zero attached hydrogens (tertiary/aromatic N) is 2. The van der Waals surface area contributed by atoms with Crippen LogP contribution in [0.5, 0.6) is 0 Å². The van der Waals surface area contributed by atoms with E-state index in [-0.39, 0.29) is 0 Å². The molecular formula is C60H36N2. The van der Waals surface area contributed by atoms with Gasteiger partial charge in [-0.15, -0.1) is 0 Å². The summed E-state index contributed by atoms with van der Waals surface area (Å²) >= 11 is 0. The van der Waals surface area contributed by atoms with E-state index in [0.717, 1.165) is 5.69 Å². The summed E-state index contributed by atoms with van der Waals surface area (Å²) in [6.07, 6.45) is 0. The first-order chi connectivity index (χ1) is 30.7. The van der Waals surface area contributed by atoms with Gasteiger partial charge in [-0.05, 0) is 138 Å². The first-order valence-corrected chi connectivity index (χ1v) is 21.5. The van der Waals surface area contributed by atoms with E-state index >= 15 is 0 Å². The zero-order valence-electron chi connectivity index (χ0n) is 33.7. The molecule has 0 bridgehead atoms. The fourth-order valence-corrected chi connectivity index (χ4v) is 10.8. The maximum atomic E-state index is 2.48. The second kappa shape index (κ2) is 12.7. The van der Waals surface area contributed by atoms with Crippen LogP contribution in [0.25, 0.3) is 132 Å². The molecule has 0 aliphatic heterocycles. The lowest BCUT2D eigenvalue weighted by molar-refractivity contribution is 1.18. The quantitative estimate of drug-likeness (QED) is 0.168. The number of hydrogen-bond acceptors (Lipinski definition) is 0. The fraction of sp³-hybridized carbons (Fsp3) is 0. The van der Waals surface area contributed by atoms with Crippen LogP contribution >= 0.6 is 0 Å². The van der Waals surface area contributed by atoms with Crippen molar-refractivity contribution in [3.8, 4) is 55.9 Å². The van der Waals surface area contributed by atoms with Crippen molar-refractivity contribution in [3.05, 3.63) is 218 Å². The summed E-state index contributed by atoms with van der Waals surface area (Å²) in [4.78, 5) is 0. The lowest BCUT2D eigenvalue weighted by Gasteiger charge is -2.12. The van der Waals surface area contributed by atoms with Gasteiger partial charge in [0, 0.05) is 38.3 Å². The zero-order valence-corrected chi connectivity index (χ0v) is 33.7. The van der Waals surface area contributed by atoms with Crippen LogP contribution in [0.4, 0.5) is 0 Å². The Hall–Kier alpha value is -8.20. The Morgan fingerprint density at radius 3 is 1.63 bits per heavy atom. The lowest BCUT2D eigenvalue weighted by Crippen LogP contribution is -1.95. The van der Waals surface area contributed by atoms with E-state index in [0.29, 0.717) is 0 Å². The molecule has 2 aromatic heterocycles. The van der Waals surface area contributed by atoms with Crippen LogP contribution in [0.1, 0.15) is 0 Å². The highest BCUT2D eigenvalue weighted by Gasteiger charge is 2.23. The third-order valence-corrected chi connectivity index (χ3v) is 13.6. The largest absolute Gasteiger partial charge is 0.309 e. The molecule has 286 valence electrons. The summed E-state index contributed by atoms with van der Waals surface area (Å²) in [7, 11) is 0. The summed E-state index contributed by atoms with van der Waals surface area (Å²) in [5.74, 6) is 0. The van der Waals surface area contributed by atoms with Crippen LogP contribution in [0, 0.1) is 0 Å². The number of para-hydroxylation sites is 1. The van der Waals surface area contributed by atoms with Crippen molar-refractivity contribution in [3.63, 3.8) is 0 Å². The Bertz CT molecular complexity index is 4010. The van der Waals surface area contributed by atoms with E-state index in [1.807, 2.05) is 0 Å². The molecule has 1 aliphatic rings. The zero-order chi connectivity index (χ0) is 40.5. The Morgan fingerprint density at radius 1 is 0.242 bits per heavy atom. The van der Waals surface area contributed by atoms with Crippen LogP contribution in [-0.4, -0.2) is 9.13 Å². The van der Waals surface area contributed by atoms with E-state index in [1.54, 1.807) is 0 Å². The highest BCUT2D eigenvalue weighted by atomic mass is 15.0. The normalized spacial score (nSPS) is 12.2. The van der Waals surface area contributed by atoms with E-state index in [1.165, 1.54) is 126 Å². The van der Waals surface area contributed by atoms with Gasteiger partial charge in [-0.3, -0.25) is 0 Å². The number of rotatable bonds is 4. The van der Waals surface area contributed by atoms with Gasteiger partial charge in [0.1, 0.15) is 0 Å². The van der Waals surface area contributed by atoms with Gasteiger partial charge in [-0.25, -0.2) is 0 Å². The number of hydrogen-bond donors (Lipinski definition) is 0. The molecule has 2 heteroatoms. The highest BCUT2D eigenvalue weighted by Crippen LogP contribution is 2.49. The summed E-state index contributed by atoms with van der Waals surface area (Å²) < 4.78 is 4.89. The topological polar surface area (TPSA) is 9.86 Å². The van der Waals surface area contributed by atoms with Crippen molar-refractivity contribution in [2.24, 2.45) is 0 Å². The van der Waals surface area contributed by atoms with Gasteiger partial charge in [-0.1, -0.05) is 152 Å². The second-order valence-corrected chi connectivity index (χ2v) is 16.9. The maximum absolute atomic E-state index is 2.48. The molecule has 0 amide bonds.